The fourth-order valence-electron chi connectivity index (χ4n) is 2.50. The molecule has 0 unspecified atom stereocenters. The number of aromatic hydroxyl groups is 1. The van der Waals surface area contributed by atoms with Crippen molar-refractivity contribution in [3.63, 3.8) is 0 Å². The molecule has 27 heavy (non-hydrogen) atoms. The molecule has 0 saturated carbocycles. The fraction of sp³-hybridized carbons (Fsp3) is 0.188. The Bertz CT molecular complexity index is 971. The van der Waals surface area contributed by atoms with E-state index in [9.17, 15) is 5.11 Å². The van der Waals surface area contributed by atoms with E-state index in [4.69, 9.17) is 11.0 Å². The molecule has 2 aromatic carbocycles. The molecule has 0 saturated heterocycles. The van der Waals surface area contributed by atoms with E-state index in [1.807, 2.05) is 13.0 Å². The van der Waals surface area contributed by atoms with Gasteiger partial charge in [0.1, 0.15) is 5.75 Å². The van der Waals surface area contributed by atoms with E-state index >= 15 is 0 Å². The van der Waals surface area contributed by atoms with Crippen LogP contribution in [0.25, 0.3) is 10.8 Å². The molecule has 0 aliphatic carbocycles. The predicted octanol–water partition coefficient (Wildman–Crippen LogP) is 3.22. The molecule has 1 heterocycles. The molecule has 11 heteroatoms. The first-order chi connectivity index (χ1) is 13.0. The van der Waals surface area contributed by atoms with Crippen molar-refractivity contribution in [2.45, 2.75) is 18.7 Å². The number of phenols is 1. The number of rotatable bonds is 7. The van der Waals surface area contributed by atoms with Gasteiger partial charge >= 0.3 is 0 Å². The van der Waals surface area contributed by atoms with Crippen LogP contribution in [0.5, 0.6) is 5.75 Å². The third-order valence-electron chi connectivity index (χ3n) is 3.72. The minimum atomic E-state index is 0.0948. The number of fused-ring (bicyclic) bond motifs is 1. The van der Waals surface area contributed by atoms with Crippen LogP contribution < -0.4 is 16.4 Å². The molecular weight excluding hydrogens is 372 g/mol. The lowest BCUT2D eigenvalue weighted by Crippen LogP contribution is -2.08. The van der Waals surface area contributed by atoms with E-state index in [2.05, 4.69) is 35.0 Å². The number of nitrogens with one attached hydrogen (secondary N) is 2. The van der Waals surface area contributed by atoms with Crippen molar-refractivity contribution in [3.8, 4) is 5.75 Å². The standard InChI is InChI=1S/C16H18N6O4S/c1-3-18-15-20-14(17)21-16(22-15)19-10-4-5-11-9(6-10)7-12(27-26-25-24)8(2)13(11)23/h4-7,23-24H,3H2,1-2H3,(H4,17,18,19,20,21,22). The molecule has 3 rings (SSSR count). The summed E-state index contributed by atoms with van der Waals surface area (Å²) in [6.07, 6.45) is 0. The Labute approximate surface area is 158 Å². The Morgan fingerprint density at radius 1 is 1.19 bits per heavy atom. The Balaban J connectivity index is 1.95. The number of nitrogen functional groups attached to an aromatic ring is 1. The van der Waals surface area contributed by atoms with Crippen LogP contribution in [-0.2, 0) is 9.37 Å². The summed E-state index contributed by atoms with van der Waals surface area (Å²) in [7, 11) is 0. The second kappa shape index (κ2) is 8.22. The topological polar surface area (TPSA) is 148 Å². The first kappa shape index (κ1) is 18.9. The minimum absolute atomic E-state index is 0.0948. The summed E-state index contributed by atoms with van der Waals surface area (Å²) in [4.78, 5) is 12.9. The van der Waals surface area contributed by atoms with Crippen LogP contribution in [-0.4, -0.2) is 31.9 Å². The summed E-state index contributed by atoms with van der Waals surface area (Å²) < 4.78 is 4.48. The van der Waals surface area contributed by atoms with E-state index in [-0.39, 0.29) is 11.7 Å². The van der Waals surface area contributed by atoms with E-state index in [0.29, 0.717) is 40.0 Å². The molecule has 0 amide bonds. The highest BCUT2D eigenvalue weighted by Crippen LogP contribution is 2.37. The van der Waals surface area contributed by atoms with Gasteiger partial charge in [0.25, 0.3) is 0 Å². The lowest BCUT2D eigenvalue weighted by molar-refractivity contribution is -0.432. The summed E-state index contributed by atoms with van der Waals surface area (Å²) in [5, 5.41) is 29.8. The second-order valence-electron chi connectivity index (χ2n) is 5.51. The molecule has 10 nitrogen and oxygen atoms in total. The maximum absolute atomic E-state index is 10.4. The van der Waals surface area contributed by atoms with E-state index < -0.39 is 0 Å². The van der Waals surface area contributed by atoms with E-state index in [1.165, 1.54) is 0 Å². The smallest absolute Gasteiger partial charge is 0.233 e. The molecule has 0 aliphatic rings. The van der Waals surface area contributed by atoms with Gasteiger partial charge in [0.2, 0.25) is 17.8 Å². The van der Waals surface area contributed by atoms with Crippen LogP contribution in [0, 0.1) is 6.92 Å². The van der Waals surface area contributed by atoms with Gasteiger partial charge in [0, 0.05) is 28.1 Å². The molecule has 142 valence electrons. The van der Waals surface area contributed by atoms with Crippen LogP contribution in [0.1, 0.15) is 12.5 Å². The van der Waals surface area contributed by atoms with Crippen LogP contribution >= 0.6 is 12.0 Å². The van der Waals surface area contributed by atoms with Gasteiger partial charge in [-0.25, -0.2) is 5.26 Å². The number of nitrogens with two attached hydrogens (primary N) is 1. The SMILES string of the molecule is CCNc1nc(N)nc(Nc2ccc3c(O)c(C)c(SOOO)cc3c2)n1. The maximum Gasteiger partial charge on any atom is 0.233 e. The molecule has 0 atom stereocenters. The summed E-state index contributed by atoms with van der Waals surface area (Å²) in [6, 6.07) is 7.17. The van der Waals surface area contributed by atoms with Crippen molar-refractivity contribution < 1.29 is 19.7 Å². The molecule has 0 spiro atoms. The lowest BCUT2D eigenvalue weighted by atomic mass is 10.1. The largest absolute Gasteiger partial charge is 0.507 e. The summed E-state index contributed by atoms with van der Waals surface area (Å²) >= 11 is 0.785. The molecular formula is C16H18N6O4S. The number of anilines is 4. The fourth-order valence-corrected chi connectivity index (χ4v) is 3.00. The van der Waals surface area contributed by atoms with Gasteiger partial charge in [-0.15, -0.1) is 4.33 Å². The van der Waals surface area contributed by atoms with Crippen molar-refractivity contribution in [2.75, 3.05) is 22.9 Å². The van der Waals surface area contributed by atoms with Gasteiger partial charge in [0.15, 0.2) is 0 Å². The molecule has 1 aromatic heterocycles. The zero-order chi connectivity index (χ0) is 19.4. The zero-order valence-corrected chi connectivity index (χ0v) is 15.4. The summed E-state index contributed by atoms with van der Waals surface area (Å²) in [5.41, 5.74) is 7.00. The van der Waals surface area contributed by atoms with Crippen molar-refractivity contribution in [2.24, 2.45) is 0 Å². The Morgan fingerprint density at radius 2 is 1.96 bits per heavy atom. The van der Waals surface area contributed by atoms with Crippen molar-refractivity contribution in [1.82, 2.24) is 15.0 Å². The lowest BCUT2D eigenvalue weighted by Gasteiger charge is -2.12. The predicted molar refractivity (Wildman–Crippen MR) is 103 cm³/mol. The number of hydrogen-bond donors (Lipinski definition) is 5. The number of phenolic OH excluding ortho intramolecular Hbond substituents is 1. The monoisotopic (exact) mass is 390 g/mol. The Morgan fingerprint density at radius 3 is 2.70 bits per heavy atom. The highest BCUT2D eigenvalue weighted by Gasteiger charge is 2.12. The Kier molecular flexibility index (Phi) is 5.76. The zero-order valence-electron chi connectivity index (χ0n) is 14.6. The summed E-state index contributed by atoms with van der Waals surface area (Å²) in [5.74, 6) is 0.876. The quantitative estimate of drug-likeness (QED) is 0.230. The number of benzene rings is 2. The summed E-state index contributed by atoms with van der Waals surface area (Å²) in [6.45, 7) is 4.31. The van der Waals surface area contributed by atoms with Gasteiger partial charge in [0.05, 0.1) is 12.0 Å². The van der Waals surface area contributed by atoms with E-state index in [1.54, 1.807) is 25.1 Å². The Hall–Kier alpha value is -2.86. The van der Waals surface area contributed by atoms with Gasteiger partial charge in [-0.1, -0.05) is 5.04 Å². The van der Waals surface area contributed by atoms with Crippen molar-refractivity contribution in [3.05, 3.63) is 29.8 Å². The first-order valence-corrected chi connectivity index (χ1v) is 8.69. The van der Waals surface area contributed by atoms with Crippen LogP contribution in [0.15, 0.2) is 29.2 Å². The van der Waals surface area contributed by atoms with Gasteiger partial charge in [-0.2, -0.15) is 15.0 Å². The third-order valence-corrected chi connectivity index (χ3v) is 4.45. The molecule has 3 aromatic rings. The van der Waals surface area contributed by atoms with Crippen LogP contribution in [0.3, 0.4) is 0 Å². The maximum atomic E-state index is 10.4. The van der Waals surface area contributed by atoms with Gasteiger partial charge < -0.3 is 21.5 Å². The molecule has 6 N–H and O–H groups in total. The average molecular weight is 390 g/mol. The molecule has 0 radical (unpaired) electrons. The average Bonchev–Trinajstić information content (AvgIpc) is 2.63. The highest BCUT2D eigenvalue weighted by molar-refractivity contribution is 7.94. The van der Waals surface area contributed by atoms with Crippen molar-refractivity contribution >= 4 is 46.3 Å². The molecule has 0 bridgehead atoms. The van der Waals surface area contributed by atoms with Gasteiger partial charge in [-0.05, 0) is 43.5 Å². The normalized spacial score (nSPS) is 10.9. The third kappa shape index (κ3) is 4.28. The van der Waals surface area contributed by atoms with E-state index in [0.717, 1.165) is 17.4 Å². The van der Waals surface area contributed by atoms with Crippen molar-refractivity contribution in [1.29, 1.82) is 0 Å². The highest BCUT2D eigenvalue weighted by atomic mass is 32.2. The number of aromatic nitrogens is 3. The van der Waals surface area contributed by atoms with Gasteiger partial charge in [-0.3, -0.25) is 0 Å². The molecule has 0 aliphatic heterocycles. The number of nitrogens with zero attached hydrogens (tertiary/aromatic N) is 3. The van der Waals surface area contributed by atoms with Crippen LogP contribution in [0.2, 0.25) is 0 Å². The second-order valence-corrected chi connectivity index (χ2v) is 6.25. The number of hydrogen-bond acceptors (Lipinski definition) is 11. The first-order valence-electron chi connectivity index (χ1n) is 7.95. The van der Waals surface area contributed by atoms with Crippen LogP contribution in [0.4, 0.5) is 23.5 Å². The minimum Gasteiger partial charge on any atom is -0.507 e. The molecule has 0 fully saturated rings.